The Morgan fingerprint density at radius 3 is 2.52 bits per heavy atom. The molecule has 1 aromatic heterocycles. The summed E-state index contributed by atoms with van der Waals surface area (Å²) in [7, 11) is -3.69. The van der Waals surface area contributed by atoms with Crippen LogP contribution in [0.15, 0.2) is 40.6 Å². The lowest BCUT2D eigenvalue weighted by Gasteiger charge is -2.34. The Hall–Kier alpha value is -1.74. The summed E-state index contributed by atoms with van der Waals surface area (Å²) in [5.74, 6) is -1.13. The van der Waals surface area contributed by atoms with Crippen LogP contribution in [0.3, 0.4) is 0 Å². The highest BCUT2D eigenvalue weighted by molar-refractivity contribution is 7.89. The molecule has 1 fully saturated rings. The van der Waals surface area contributed by atoms with E-state index in [-0.39, 0.29) is 10.5 Å². The first kappa shape index (κ1) is 18.1. The fourth-order valence-electron chi connectivity index (χ4n) is 2.90. The van der Waals surface area contributed by atoms with Gasteiger partial charge in [-0.3, -0.25) is 4.90 Å². The highest BCUT2D eigenvalue weighted by atomic mass is 32.2. The van der Waals surface area contributed by atoms with Crippen molar-refractivity contribution in [2.24, 2.45) is 0 Å². The fourth-order valence-corrected chi connectivity index (χ4v) is 5.32. The molecule has 0 amide bonds. The Morgan fingerprint density at radius 2 is 1.92 bits per heavy atom. The number of hydrogen-bond donors (Lipinski definition) is 1. The zero-order valence-corrected chi connectivity index (χ0v) is 15.5. The summed E-state index contributed by atoms with van der Waals surface area (Å²) in [4.78, 5) is 14.7. The number of sulfonamides is 1. The van der Waals surface area contributed by atoms with E-state index >= 15 is 0 Å². The molecule has 1 aliphatic heterocycles. The van der Waals surface area contributed by atoms with Crippen molar-refractivity contribution in [2.75, 3.05) is 26.2 Å². The van der Waals surface area contributed by atoms with E-state index in [0.29, 0.717) is 31.7 Å². The monoisotopic (exact) mass is 380 g/mol. The van der Waals surface area contributed by atoms with Gasteiger partial charge in [-0.25, -0.2) is 13.2 Å². The first-order valence-electron chi connectivity index (χ1n) is 7.97. The third-order valence-corrected chi connectivity index (χ3v) is 7.25. The van der Waals surface area contributed by atoms with Crippen LogP contribution >= 0.6 is 11.3 Å². The summed E-state index contributed by atoms with van der Waals surface area (Å²) in [6, 6.07) is 8.32. The second-order valence-electron chi connectivity index (χ2n) is 6.05. The second kappa shape index (κ2) is 7.25. The molecule has 2 aromatic rings. The average molecular weight is 380 g/mol. The van der Waals surface area contributed by atoms with Crippen LogP contribution in [0.2, 0.25) is 0 Å². The molecular formula is C17H20N2O4S2. The molecule has 1 aromatic carbocycles. The molecule has 6 nitrogen and oxygen atoms in total. The number of aromatic carboxylic acids is 1. The summed E-state index contributed by atoms with van der Waals surface area (Å²) in [6.45, 7) is 4.66. The van der Waals surface area contributed by atoms with E-state index in [0.717, 1.165) is 6.54 Å². The Morgan fingerprint density at radius 1 is 1.20 bits per heavy atom. The van der Waals surface area contributed by atoms with Gasteiger partial charge < -0.3 is 5.11 Å². The zero-order chi connectivity index (χ0) is 18.0. The van der Waals surface area contributed by atoms with Crippen molar-refractivity contribution in [1.29, 1.82) is 0 Å². The maximum atomic E-state index is 12.9. The van der Waals surface area contributed by atoms with E-state index < -0.39 is 16.0 Å². The van der Waals surface area contributed by atoms with Gasteiger partial charge in [0.2, 0.25) is 10.0 Å². The van der Waals surface area contributed by atoms with Gasteiger partial charge >= 0.3 is 5.97 Å². The summed E-state index contributed by atoms with van der Waals surface area (Å²) < 4.78 is 27.3. The molecule has 3 rings (SSSR count). The number of hydrogen-bond acceptors (Lipinski definition) is 5. The van der Waals surface area contributed by atoms with Crippen molar-refractivity contribution < 1.29 is 18.3 Å². The molecule has 0 saturated carbocycles. The van der Waals surface area contributed by atoms with Crippen molar-refractivity contribution >= 4 is 27.3 Å². The van der Waals surface area contributed by atoms with Crippen LogP contribution in [-0.4, -0.2) is 54.9 Å². The summed E-state index contributed by atoms with van der Waals surface area (Å²) >= 11 is 1.70. The molecule has 1 saturated heterocycles. The van der Waals surface area contributed by atoms with Gasteiger partial charge in [-0.05, 0) is 36.1 Å². The van der Waals surface area contributed by atoms with Crippen molar-refractivity contribution in [1.82, 2.24) is 9.21 Å². The summed E-state index contributed by atoms with van der Waals surface area (Å²) in [6.07, 6.45) is 0. The summed E-state index contributed by atoms with van der Waals surface area (Å²) in [5.41, 5.74) is 0.548. The molecule has 8 heteroatoms. The van der Waals surface area contributed by atoms with Crippen molar-refractivity contribution in [3.8, 4) is 0 Å². The van der Waals surface area contributed by atoms with E-state index in [1.807, 2.05) is 11.4 Å². The third kappa shape index (κ3) is 3.92. The maximum absolute atomic E-state index is 12.9. The third-order valence-electron chi connectivity index (χ3n) is 4.34. The minimum absolute atomic E-state index is 0.0134. The minimum atomic E-state index is -3.69. The quantitative estimate of drug-likeness (QED) is 0.861. The van der Waals surface area contributed by atoms with E-state index in [4.69, 9.17) is 5.11 Å². The Labute approximate surface area is 151 Å². The van der Waals surface area contributed by atoms with E-state index in [9.17, 15) is 13.2 Å². The van der Waals surface area contributed by atoms with Gasteiger partial charge in [0.1, 0.15) is 0 Å². The standard InChI is InChI=1S/C17H20N2O4S2/c1-13-4-5-14(17(20)21)11-16(13)25(22,23)19-8-6-18(7-9-19)12-15-3-2-10-24-15/h2-5,10-11H,6-9,12H2,1H3,(H,20,21). The lowest BCUT2D eigenvalue weighted by atomic mass is 10.1. The molecule has 1 N–H and O–H groups in total. The van der Waals surface area contributed by atoms with Gasteiger partial charge in [0, 0.05) is 37.6 Å². The molecule has 1 aliphatic rings. The van der Waals surface area contributed by atoms with Gasteiger partial charge in [0.25, 0.3) is 0 Å². The Bertz CT molecular complexity index is 855. The highest BCUT2D eigenvalue weighted by Crippen LogP contribution is 2.23. The molecule has 0 atom stereocenters. The number of nitrogens with zero attached hydrogens (tertiary/aromatic N) is 2. The molecule has 25 heavy (non-hydrogen) atoms. The van der Waals surface area contributed by atoms with Crippen LogP contribution in [0.1, 0.15) is 20.8 Å². The number of carboxylic acids is 1. The number of thiophene rings is 1. The lowest BCUT2D eigenvalue weighted by molar-refractivity contribution is 0.0696. The Kier molecular flexibility index (Phi) is 5.24. The topological polar surface area (TPSA) is 77.9 Å². The molecule has 2 heterocycles. The number of carboxylic acid groups (broad SMARTS) is 1. The van der Waals surface area contributed by atoms with Crippen molar-refractivity contribution in [3.05, 3.63) is 51.7 Å². The van der Waals surface area contributed by atoms with E-state index in [1.165, 1.54) is 21.3 Å². The van der Waals surface area contributed by atoms with Crippen LogP contribution in [-0.2, 0) is 16.6 Å². The number of rotatable bonds is 5. The number of carbonyl (C=O) groups is 1. The van der Waals surface area contributed by atoms with Gasteiger partial charge in [-0.1, -0.05) is 12.1 Å². The summed E-state index contributed by atoms with van der Waals surface area (Å²) in [5, 5.41) is 11.2. The van der Waals surface area contributed by atoms with Crippen molar-refractivity contribution in [3.63, 3.8) is 0 Å². The van der Waals surface area contributed by atoms with Gasteiger partial charge in [-0.15, -0.1) is 11.3 Å². The largest absolute Gasteiger partial charge is 0.478 e. The average Bonchev–Trinajstić information content (AvgIpc) is 3.08. The Balaban J connectivity index is 1.74. The SMILES string of the molecule is Cc1ccc(C(=O)O)cc1S(=O)(=O)N1CCN(Cc2cccs2)CC1. The fraction of sp³-hybridized carbons (Fsp3) is 0.353. The van der Waals surface area contributed by atoms with Crippen LogP contribution in [0, 0.1) is 6.92 Å². The van der Waals surface area contributed by atoms with Crippen LogP contribution < -0.4 is 0 Å². The smallest absolute Gasteiger partial charge is 0.335 e. The van der Waals surface area contributed by atoms with Crippen LogP contribution in [0.5, 0.6) is 0 Å². The lowest BCUT2D eigenvalue weighted by Crippen LogP contribution is -2.48. The number of piperazine rings is 1. The predicted octanol–water partition coefficient (Wildman–Crippen LogP) is 2.26. The predicted molar refractivity (Wildman–Crippen MR) is 96.5 cm³/mol. The van der Waals surface area contributed by atoms with Crippen molar-refractivity contribution in [2.45, 2.75) is 18.4 Å². The minimum Gasteiger partial charge on any atom is -0.478 e. The first-order valence-corrected chi connectivity index (χ1v) is 10.3. The van der Waals surface area contributed by atoms with Crippen LogP contribution in [0.4, 0.5) is 0 Å². The van der Waals surface area contributed by atoms with Crippen LogP contribution in [0.25, 0.3) is 0 Å². The van der Waals surface area contributed by atoms with E-state index in [2.05, 4.69) is 11.0 Å². The normalized spacial score (nSPS) is 16.8. The molecule has 0 spiro atoms. The van der Waals surface area contributed by atoms with E-state index in [1.54, 1.807) is 24.3 Å². The molecule has 0 unspecified atom stereocenters. The van der Waals surface area contributed by atoms with Gasteiger partial charge in [0.05, 0.1) is 10.5 Å². The van der Waals surface area contributed by atoms with Gasteiger partial charge in [-0.2, -0.15) is 4.31 Å². The number of benzene rings is 1. The zero-order valence-electron chi connectivity index (χ0n) is 13.9. The molecule has 134 valence electrons. The maximum Gasteiger partial charge on any atom is 0.335 e. The first-order chi connectivity index (χ1) is 11.9. The van der Waals surface area contributed by atoms with Gasteiger partial charge in [0.15, 0.2) is 0 Å². The molecule has 0 bridgehead atoms. The molecular weight excluding hydrogens is 360 g/mol. The molecule has 0 aliphatic carbocycles. The highest BCUT2D eigenvalue weighted by Gasteiger charge is 2.30. The molecule has 0 radical (unpaired) electrons. The second-order valence-corrected chi connectivity index (χ2v) is 8.98. The number of aryl methyl sites for hydroxylation is 1.